The van der Waals surface area contributed by atoms with Gasteiger partial charge in [-0.05, 0) is 19.3 Å². The van der Waals surface area contributed by atoms with Crippen molar-refractivity contribution in [1.82, 2.24) is 0 Å². The van der Waals surface area contributed by atoms with E-state index in [2.05, 4.69) is 41.2 Å². The number of hydrogen-bond acceptors (Lipinski definition) is 2. The van der Waals surface area contributed by atoms with Crippen LogP contribution in [0.5, 0.6) is 0 Å². The van der Waals surface area contributed by atoms with Crippen LogP contribution >= 0.6 is 0 Å². The summed E-state index contributed by atoms with van der Waals surface area (Å²) in [6, 6.07) is 0. The molecule has 0 aliphatic carbocycles. The van der Waals surface area contributed by atoms with E-state index in [1.807, 2.05) is 6.92 Å². The third-order valence-corrected chi connectivity index (χ3v) is 3.03. The van der Waals surface area contributed by atoms with Gasteiger partial charge in [-0.1, -0.05) is 40.7 Å². The summed E-state index contributed by atoms with van der Waals surface area (Å²) in [5.74, 6) is 0.314. The van der Waals surface area contributed by atoms with Gasteiger partial charge in [0.15, 0.2) is 0 Å². The average molecular weight is 226 g/mol. The van der Waals surface area contributed by atoms with E-state index < -0.39 is 5.60 Å². The van der Waals surface area contributed by atoms with Crippen LogP contribution in [0, 0.1) is 11.3 Å². The molecule has 0 spiro atoms. The highest BCUT2D eigenvalue weighted by molar-refractivity contribution is 5.71. The number of rotatable bonds is 5. The fourth-order valence-electron chi connectivity index (χ4n) is 1.69. The second-order valence-corrected chi connectivity index (χ2v) is 6.05. The number of ether oxygens (including phenoxy) is 1. The molecule has 0 aliphatic rings. The summed E-state index contributed by atoms with van der Waals surface area (Å²) in [6.45, 7) is 16.2. The standard InChI is InChI=1S/C14H26O2/c1-8-9-12(15)16-14(7,10-11(2)3)13(4,5)6/h8,11H,1,9-10H2,2-7H3. The second kappa shape index (κ2) is 5.51. The molecule has 94 valence electrons. The van der Waals surface area contributed by atoms with Gasteiger partial charge < -0.3 is 4.74 Å². The van der Waals surface area contributed by atoms with Crippen molar-refractivity contribution in [1.29, 1.82) is 0 Å². The Morgan fingerprint density at radius 3 is 2.12 bits per heavy atom. The maximum atomic E-state index is 11.6. The smallest absolute Gasteiger partial charge is 0.310 e. The fourth-order valence-corrected chi connectivity index (χ4v) is 1.69. The highest BCUT2D eigenvalue weighted by atomic mass is 16.6. The molecule has 0 saturated heterocycles. The predicted molar refractivity (Wildman–Crippen MR) is 68.2 cm³/mol. The lowest BCUT2D eigenvalue weighted by molar-refractivity contribution is -0.171. The molecule has 0 saturated carbocycles. The topological polar surface area (TPSA) is 26.3 Å². The molecule has 2 heteroatoms. The summed E-state index contributed by atoms with van der Waals surface area (Å²) in [7, 11) is 0. The SMILES string of the molecule is C=CCC(=O)OC(C)(CC(C)C)C(C)(C)C. The van der Waals surface area contributed by atoms with E-state index in [1.165, 1.54) is 0 Å². The van der Waals surface area contributed by atoms with Gasteiger partial charge in [0, 0.05) is 5.41 Å². The van der Waals surface area contributed by atoms with Crippen LogP contribution < -0.4 is 0 Å². The van der Waals surface area contributed by atoms with E-state index in [4.69, 9.17) is 4.74 Å². The molecule has 0 aromatic rings. The number of esters is 1. The van der Waals surface area contributed by atoms with Gasteiger partial charge in [-0.2, -0.15) is 0 Å². The van der Waals surface area contributed by atoms with Crippen LogP contribution in [0.4, 0.5) is 0 Å². The molecule has 0 aromatic heterocycles. The van der Waals surface area contributed by atoms with E-state index in [-0.39, 0.29) is 17.8 Å². The molecule has 0 bridgehead atoms. The predicted octanol–water partition coefficient (Wildman–Crippen LogP) is 3.96. The lowest BCUT2D eigenvalue weighted by Gasteiger charge is -2.42. The highest BCUT2D eigenvalue weighted by Gasteiger charge is 2.41. The van der Waals surface area contributed by atoms with Crippen LogP contribution in [0.25, 0.3) is 0 Å². The Balaban J connectivity index is 4.80. The van der Waals surface area contributed by atoms with E-state index >= 15 is 0 Å². The molecular formula is C14H26O2. The summed E-state index contributed by atoms with van der Waals surface area (Å²) >= 11 is 0. The Morgan fingerprint density at radius 2 is 1.81 bits per heavy atom. The molecule has 1 unspecified atom stereocenters. The molecular weight excluding hydrogens is 200 g/mol. The van der Waals surface area contributed by atoms with Crippen LogP contribution in [-0.2, 0) is 9.53 Å². The van der Waals surface area contributed by atoms with Crippen molar-refractivity contribution in [2.45, 2.75) is 60.0 Å². The Labute approximate surface area is 100 Å². The largest absolute Gasteiger partial charge is 0.459 e. The monoisotopic (exact) mass is 226 g/mol. The van der Waals surface area contributed by atoms with Crippen LogP contribution in [0.1, 0.15) is 54.4 Å². The van der Waals surface area contributed by atoms with E-state index in [0.717, 1.165) is 6.42 Å². The van der Waals surface area contributed by atoms with Crippen molar-refractivity contribution in [2.24, 2.45) is 11.3 Å². The van der Waals surface area contributed by atoms with Crippen molar-refractivity contribution in [3.05, 3.63) is 12.7 Å². The number of carbonyl (C=O) groups excluding carboxylic acids is 1. The van der Waals surface area contributed by atoms with Crippen LogP contribution in [0.3, 0.4) is 0 Å². The first-order valence-electron chi connectivity index (χ1n) is 5.95. The third-order valence-electron chi connectivity index (χ3n) is 3.03. The third kappa shape index (κ3) is 4.38. The normalized spacial score (nSPS) is 15.7. The fraction of sp³-hybridized carbons (Fsp3) is 0.786. The van der Waals surface area contributed by atoms with Gasteiger partial charge in [0.25, 0.3) is 0 Å². The van der Waals surface area contributed by atoms with E-state index in [1.54, 1.807) is 6.08 Å². The Kier molecular flexibility index (Phi) is 5.24. The van der Waals surface area contributed by atoms with Crippen molar-refractivity contribution in [2.75, 3.05) is 0 Å². The first kappa shape index (κ1) is 15.2. The highest BCUT2D eigenvalue weighted by Crippen LogP contribution is 2.38. The van der Waals surface area contributed by atoms with Crippen LogP contribution in [0.15, 0.2) is 12.7 Å². The molecule has 0 fully saturated rings. The zero-order valence-corrected chi connectivity index (χ0v) is 11.6. The van der Waals surface area contributed by atoms with Crippen molar-refractivity contribution < 1.29 is 9.53 Å². The molecule has 0 N–H and O–H groups in total. The Hall–Kier alpha value is -0.790. The van der Waals surface area contributed by atoms with Crippen molar-refractivity contribution >= 4 is 5.97 Å². The lowest BCUT2D eigenvalue weighted by atomic mass is 9.73. The molecule has 0 rings (SSSR count). The zero-order valence-electron chi connectivity index (χ0n) is 11.6. The first-order chi connectivity index (χ1) is 7.12. The molecule has 0 aliphatic heterocycles. The van der Waals surface area contributed by atoms with E-state index in [0.29, 0.717) is 5.92 Å². The minimum absolute atomic E-state index is 0.0614. The molecule has 0 radical (unpaired) electrons. The van der Waals surface area contributed by atoms with Gasteiger partial charge in [-0.3, -0.25) is 4.79 Å². The molecule has 2 nitrogen and oxygen atoms in total. The molecule has 1 atom stereocenters. The lowest BCUT2D eigenvalue weighted by Crippen LogP contribution is -2.45. The van der Waals surface area contributed by atoms with E-state index in [9.17, 15) is 4.79 Å². The number of hydrogen-bond donors (Lipinski definition) is 0. The molecule has 16 heavy (non-hydrogen) atoms. The Morgan fingerprint density at radius 1 is 1.31 bits per heavy atom. The summed E-state index contributed by atoms with van der Waals surface area (Å²) in [4.78, 5) is 11.6. The van der Waals surface area contributed by atoms with Gasteiger partial charge in [-0.15, -0.1) is 6.58 Å². The van der Waals surface area contributed by atoms with Gasteiger partial charge in [-0.25, -0.2) is 0 Å². The van der Waals surface area contributed by atoms with Gasteiger partial charge >= 0.3 is 5.97 Å². The molecule has 0 aromatic carbocycles. The quantitative estimate of drug-likeness (QED) is 0.524. The summed E-state index contributed by atoms with van der Waals surface area (Å²) in [5, 5.41) is 0. The van der Waals surface area contributed by atoms with Gasteiger partial charge in [0.2, 0.25) is 0 Å². The van der Waals surface area contributed by atoms with Crippen molar-refractivity contribution in [3.63, 3.8) is 0 Å². The van der Waals surface area contributed by atoms with Crippen LogP contribution in [-0.4, -0.2) is 11.6 Å². The van der Waals surface area contributed by atoms with Crippen molar-refractivity contribution in [3.8, 4) is 0 Å². The zero-order chi connectivity index (χ0) is 13.0. The maximum Gasteiger partial charge on any atom is 0.310 e. The minimum Gasteiger partial charge on any atom is -0.459 e. The minimum atomic E-state index is -0.415. The second-order valence-electron chi connectivity index (χ2n) is 6.05. The summed E-state index contributed by atoms with van der Waals surface area (Å²) < 4.78 is 5.64. The average Bonchev–Trinajstić information content (AvgIpc) is 1.99. The first-order valence-corrected chi connectivity index (χ1v) is 5.95. The number of carbonyl (C=O) groups is 1. The summed E-state index contributed by atoms with van der Waals surface area (Å²) in [6.07, 6.45) is 2.74. The summed E-state index contributed by atoms with van der Waals surface area (Å²) in [5.41, 5.74) is -0.477. The molecule has 0 amide bonds. The maximum absolute atomic E-state index is 11.6. The Bertz CT molecular complexity index is 248. The van der Waals surface area contributed by atoms with Gasteiger partial charge in [0.05, 0.1) is 6.42 Å². The van der Waals surface area contributed by atoms with Gasteiger partial charge in [0.1, 0.15) is 5.60 Å². The van der Waals surface area contributed by atoms with Crippen LogP contribution in [0.2, 0.25) is 0 Å². The molecule has 0 heterocycles.